The molecule has 0 spiro atoms. The monoisotopic (exact) mass is 380 g/mol. The van der Waals surface area contributed by atoms with Crippen molar-refractivity contribution in [1.82, 2.24) is 9.55 Å². The molecule has 1 amide bonds. The van der Waals surface area contributed by atoms with E-state index in [9.17, 15) is 9.82 Å². The van der Waals surface area contributed by atoms with Crippen LogP contribution in [0.4, 0.5) is 5.69 Å². The van der Waals surface area contributed by atoms with E-state index < -0.39 is 0 Å². The first-order valence-corrected chi connectivity index (χ1v) is 9.35. The lowest BCUT2D eigenvalue weighted by molar-refractivity contribution is -0.114. The van der Waals surface area contributed by atoms with E-state index >= 15 is 0 Å². The standard InChI is InChI=1S/C22H17BN4O2/c28-19-13-25-20(18-10-7-14-3-1-2-4-17(14)21(18)26-19)15-5-8-16(9-6-15)27-12-11-24-22(27)23-29/h1-12,23,29H,13H2,(H,26,28). The van der Waals surface area contributed by atoms with Crippen molar-refractivity contribution < 1.29 is 9.82 Å². The molecule has 1 aliphatic heterocycles. The van der Waals surface area contributed by atoms with Crippen molar-refractivity contribution in [3.63, 3.8) is 0 Å². The summed E-state index contributed by atoms with van der Waals surface area (Å²) in [7, 11) is -0.129. The number of imidazole rings is 1. The third-order valence-electron chi connectivity index (χ3n) is 5.11. The van der Waals surface area contributed by atoms with Crippen LogP contribution in [0.25, 0.3) is 16.5 Å². The van der Waals surface area contributed by atoms with Crippen molar-refractivity contribution >= 4 is 41.3 Å². The van der Waals surface area contributed by atoms with E-state index in [0.717, 1.165) is 39.0 Å². The third-order valence-corrected chi connectivity index (χ3v) is 5.11. The molecule has 0 atom stereocenters. The second-order valence-corrected chi connectivity index (χ2v) is 6.84. The summed E-state index contributed by atoms with van der Waals surface area (Å²) in [6.07, 6.45) is 3.47. The van der Waals surface area contributed by atoms with Crippen molar-refractivity contribution in [2.24, 2.45) is 4.99 Å². The van der Waals surface area contributed by atoms with E-state index in [1.807, 2.05) is 65.4 Å². The Morgan fingerprint density at radius 2 is 1.86 bits per heavy atom. The number of nitrogens with zero attached hydrogens (tertiary/aromatic N) is 3. The molecule has 0 saturated carbocycles. The highest BCUT2D eigenvalue weighted by atomic mass is 16.2. The highest BCUT2D eigenvalue weighted by Crippen LogP contribution is 2.31. The van der Waals surface area contributed by atoms with Crippen molar-refractivity contribution in [2.45, 2.75) is 0 Å². The van der Waals surface area contributed by atoms with Gasteiger partial charge in [0.1, 0.15) is 12.3 Å². The summed E-state index contributed by atoms with van der Waals surface area (Å²) in [6.45, 7) is 0.0796. The Morgan fingerprint density at radius 3 is 2.69 bits per heavy atom. The van der Waals surface area contributed by atoms with Gasteiger partial charge in [-0.25, -0.2) is 4.98 Å². The predicted octanol–water partition coefficient (Wildman–Crippen LogP) is 1.78. The minimum absolute atomic E-state index is 0.0796. The Labute approximate surface area is 167 Å². The van der Waals surface area contributed by atoms with Gasteiger partial charge in [-0.3, -0.25) is 9.79 Å². The number of hydrogen-bond acceptors (Lipinski definition) is 4. The molecule has 0 unspecified atom stereocenters. The molecule has 0 bridgehead atoms. The number of carbonyl (C=O) groups is 1. The van der Waals surface area contributed by atoms with Gasteiger partial charge in [0, 0.05) is 34.6 Å². The summed E-state index contributed by atoms with van der Waals surface area (Å²) in [6, 6.07) is 19.9. The van der Waals surface area contributed by atoms with Gasteiger partial charge in [-0.2, -0.15) is 0 Å². The van der Waals surface area contributed by atoms with E-state index in [2.05, 4.69) is 21.4 Å². The molecule has 1 aliphatic rings. The van der Waals surface area contributed by atoms with Gasteiger partial charge in [0.05, 0.1) is 11.4 Å². The Hall–Kier alpha value is -3.71. The van der Waals surface area contributed by atoms with Crippen LogP contribution in [0.1, 0.15) is 11.1 Å². The number of fused-ring (bicyclic) bond motifs is 3. The average Bonchev–Trinajstić information content (AvgIpc) is 3.17. The minimum Gasteiger partial charge on any atom is -0.447 e. The maximum absolute atomic E-state index is 12.3. The van der Waals surface area contributed by atoms with Gasteiger partial charge in [0.25, 0.3) is 0 Å². The smallest absolute Gasteiger partial charge is 0.348 e. The van der Waals surface area contributed by atoms with Crippen LogP contribution in [0.3, 0.4) is 0 Å². The molecular formula is C22H17BN4O2. The van der Waals surface area contributed by atoms with Crippen molar-refractivity contribution in [1.29, 1.82) is 0 Å². The average molecular weight is 380 g/mol. The molecule has 1 aromatic heterocycles. The summed E-state index contributed by atoms with van der Waals surface area (Å²) in [5.41, 5.74) is 4.89. The fraction of sp³-hybridized carbons (Fsp3) is 0.0455. The number of amides is 1. The molecule has 6 nitrogen and oxygen atoms in total. The minimum atomic E-state index is -0.129. The molecule has 7 heteroatoms. The molecule has 2 heterocycles. The molecule has 3 aromatic carbocycles. The third kappa shape index (κ3) is 3.01. The lowest BCUT2D eigenvalue weighted by Crippen LogP contribution is -2.25. The summed E-state index contributed by atoms with van der Waals surface area (Å²) >= 11 is 0. The fourth-order valence-corrected chi connectivity index (χ4v) is 3.73. The largest absolute Gasteiger partial charge is 0.447 e. The Balaban J connectivity index is 1.61. The van der Waals surface area contributed by atoms with E-state index in [4.69, 9.17) is 0 Å². The highest BCUT2D eigenvalue weighted by molar-refractivity contribution is 6.43. The van der Waals surface area contributed by atoms with Crippen LogP contribution in [-0.2, 0) is 4.79 Å². The van der Waals surface area contributed by atoms with Crippen LogP contribution in [0.2, 0.25) is 0 Å². The number of nitrogens with one attached hydrogen (secondary N) is 1. The first kappa shape index (κ1) is 17.4. The molecule has 0 fully saturated rings. The molecule has 4 aromatic rings. The van der Waals surface area contributed by atoms with Crippen LogP contribution in [0, 0.1) is 0 Å². The van der Waals surface area contributed by atoms with Gasteiger partial charge in [-0.15, -0.1) is 0 Å². The van der Waals surface area contributed by atoms with Gasteiger partial charge in [0.15, 0.2) is 0 Å². The predicted molar refractivity (Wildman–Crippen MR) is 116 cm³/mol. The zero-order valence-corrected chi connectivity index (χ0v) is 15.5. The molecule has 2 N–H and O–H groups in total. The van der Waals surface area contributed by atoms with E-state index in [1.165, 1.54) is 0 Å². The van der Waals surface area contributed by atoms with Crippen molar-refractivity contribution in [3.05, 3.63) is 84.2 Å². The SMILES string of the molecule is O=C1CN=C(c2ccc(-n3ccnc3BO)cc2)c2ccc3ccccc3c2N1. The number of rotatable bonds is 3. The van der Waals surface area contributed by atoms with Gasteiger partial charge >= 0.3 is 7.48 Å². The lowest BCUT2D eigenvalue weighted by atomic mass is 9.96. The molecular weight excluding hydrogens is 363 g/mol. The van der Waals surface area contributed by atoms with Crippen LogP contribution in [0.5, 0.6) is 0 Å². The Morgan fingerprint density at radius 1 is 1.03 bits per heavy atom. The maximum Gasteiger partial charge on any atom is 0.348 e. The Bertz CT molecular complexity index is 1260. The number of aromatic nitrogens is 2. The van der Waals surface area contributed by atoms with Crippen LogP contribution >= 0.6 is 0 Å². The van der Waals surface area contributed by atoms with E-state index in [-0.39, 0.29) is 19.9 Å². The number of aliphatic imine (C=N–C) groups is 1. The Kier molecular flexibility index (Phi) is 4.22. The normalized spacial score (nSPS) is 13.4. The first-order valence-electron chi connectivity index (χ1n) is 9.35. The van der Waals surface area contributed by atoms with Crippen LogP contribution in [0.15, 0.2) is 78.0 Å². The van der Waals surface area contributed by atoms with E-state index in [0.29, 0.717) is 5.72 Å². The highest BCUT2D eigenvalue weighted by Gasteiger charge is 2.20. The summed E-state index contributed by atoms with van der Waals surface area (Å²) in [5.74, 6) is -0.125. The molecule has 29 heavy (non-hydrogen) atoms. The fourth-order valence-electron chi connectivity index (χ4n) is 3.73. The zero-order valence-electron chi connectivity index (χ0n) is 15.5. The van der Waals surface area contributed by atoms with Gasteiger partial charge in [-0.1, -0.05) is 48.5 Å². The zero-order chi connectivity index (χ0) is 19.8. The number of carbonyl (C=O) groups excluding carboxylic acids is 1. The summed E-state index contributed by atoms with van der Waals surface area (Å²) in [5, 5.41) is 14.5. The van der Waals surface area contributed by atoms with Crippen LogP contribution < -0.4 is 11.0 Å². The maximum atomic E-state index is 12.3. The summed E-state index contributed by atoms with van der Waals surface area (Å²) in [4.78, 5) is 21.0. The van der Waals surface area contributed by atoms with Crippen molar-refractivity contribution in [3.8, 4) is 5.69 Å². The second kappa shape index (κ2) is 7.03. The number of anilines is 1. The van der Waals surface area contributed by atoms with Gasteiger partial charge in [0.2, 0.25) is 5.91 Å². The second-order valence-electron chi connectivity index (χ2n) is 6.84. The van der Waals surface area contributed by atoms with Gasteiger partial charge < -0.3 is 14.9 Å². The number of benzene rings is 3. The quantitative estimate of drug-likeness (QED) is 0.532. The first-order chi connectivity index (χ1) is 14.2. The molecule has 0 aliphatic carbocycles. The number of hydrogen-bond donors (Lipinski definition) is 2. The molecule has 0 radical (unpaired) electrons. The van der Waals surface area contributed by atoms with E-state index in [1.54, 1.807) is 6.20 Å². The molecule has 5 rings (SSSR count). The lowest BCUT2D eigenvalue weighted by Gasteiger charge is -2.14. The van der Waals surface area contributed by atoms with Crippen LogP contribution in [-0.4, -0.2) is 40.2 Å². The molecule has 140 valence electrons. The van der Waals surface area contributed by atoms with Gasteiger partial charge in [-0.05, 0) is 17.5 Å². The summed E-state index contributed by atoms with van der Waals surface area (Å²) < 4.78 is 1.84. The molecule has 0 saturated heterocycles. The van der Waals surface area contributed by atoms with Crippen molar-refractivity contribution in [2.75, 3.05) is 11.9 Å². The topological polar surface area (TPSA) is 79.5 Å².